The number of nitrogens with zero attached hydrogens (tertiary/aromatic N) is 3. The Bertz CT molecular complexity index is 744. The molecule has 0 aliphatic carbocycles. The van der Waals surface area contributed by atoms with Crippen LogP contribution in [0.15, 0.2) is 27.7 Å². The number of aromatic nitrogens is 1. The molecule has 0 saturated heterocycles. The maximum atomic E-state index is 6.09. The molecule has 2 rings (SSSR count). The van der Waals surface area contributed by atoms with E-state index in [9.17, 15) is 0 Å². The number of aliphatic imine (C=N–C) groups is 1. The highest BCUT2D eigenvalue weighted by molar-refractivity contribution is 14.0. The summed E-state index contributed by atoms with van der Waals surface area (Å²) < 4.78 is 5.26. The lowest BCUT2D eigenvalue weighted by molar-refractivity contribution is 0.391. The summed E-state index contributed by atoms with van der Waals surface area (Å²) in [6, 6.07) is 5.65. The monoisotopic (exact) mass is 510 g/mol. The van der Waals surface area contributed by atoms with Gasteiger partial charge in [-0.25, -0.2) is 0 Å². The standard InChI is InChI=1S/C18H24Cl2N4O.HI/c1-11(17-12(2)23-25-13(17)3)9-22-18(21-4)24(5)10-14-6-7-15(19)16(20)8-14;/h6-8,11H,9-10H2,1-5H3,(H,21,22);1H. The molecule has 1 heterocycles. The van der Waals surface area contributed by atoms with Crippen LogP contribution < -0.4 is 5.32 Å². The van der Waals surface area contributed by atoms with Gasteiger partial charge in [-0.15, -0.1) is 24.0 Å². The van der Waals surface area contributed by atoms with Crippen LogP contribution in [0.25, 0.3) is 0 Å². The summed E-state index contributed by atoms with van der Waals surface area (Å²) in [5, 5.41) is 8.55. The van der Waals surface area contributed by atoms with E-state index in [2.05, 4.69) is 22.4 Å². The van der Waals surface area contributed by atoms with Gasteiger partial charge in [-0.05, 0) is 31.5 Å². The van der Waals surface area contributed by atoms with Gasteiger partial charge < -0.3 is 14.7 Å². The minimum atomic E-state index is 0. The highest BCUT2D eigenvalue weighted by Gasteiger charge is 2.17. The Balaban J connectivity index is 0.00000338. The van der Waals surface area contributed by atoms with Crippen molar-refractivity contribution in [2.75, 3.05) is 20.6 Å². The summed E-state index contributed by atoms with van der Waals surface area (Å²) in [5.41, 5.74) is 3.15. The van der Waals surface area contributed by atoms with Gasteiger partial charge in [0.25, 0.3) is 0 Å². The van der Waals surface area contributed by atoms with Gasteiger partial charge in [0.1, 0.15) is 5.76 Å². The normalized spacial score (nSPS) is 12.5. The zero-order valence-electron chi connectivity index (χ0n) is 15.6. The molecule has 0 saturated carbocycles. The summed E-state index contributed by atoms with van der Waals surface area (Å²) >= 11 is 12.1. The van der Waals surface area contributed by atoms with E-state index in [0.717, 1.165) is 35.1 Å². The number of benzene rings is 1. The van der Waals surface area contributed by atoms with Crippen molar-refractivity contribution in [1.29, 1.82) is 0 Å². The number of rotatable bonds is 5. The van der Waals surface area contributed by atoms with E-state index >= 15 is 0 Å². The molecule has 1 aromatic heterocycles. The van der Waals surface area contributed by atoms with Crippen LogP contribution in [-0.2, 0) is 6.54 Å². The van der Waals surface area contributed by atoms with Gasteiger partial charge in [-0.1, -0.05) is 41.3 Å². The molecular formula is C18H25Cl2IN4O. The number of guanidine groups is 1. The van der Waals surface area contributed by atoms with Gasteiger partial charge in [0, 0.05) is 38.7 Å². The zero-order chi connectivity index (χ0) is 18.6. The molecule has 5 nitrogen and oxygen atoms in total. The van der Waals surface area contributed by atoms with E-state index < -0.39 is 0 Å². The lowest BCUT2D eigenvalue weighted by Crippen LogP contribution is -2.40. The molecule has 0 amide bonds. The predicted molar refractivity (Wildman–Crippen MR) is 119 cm³/mol. The maximum Gasteiger partial charge on any atom is 0.193 e. The Kier molecular flexibility index (Phi) is 9.19. The molecule has 1 unspecified atom stereocenters. The largest absolute Gasteiger partial charge is 0.361 e. The molecule has 2 aromatic rings. The van der Waals surface area contributed by atoms with Crippen LogP contribution in [0.4, 0.5) is 0 Å². The average Bonchev–Trinajstić information content (AvgIpc) is 2.90. The number of hydrogen-bond donors (Lipinski definition) is 1. The second-order valence-electron chi connectivity index (χ2n) is 6.17. The minimum absolute atomic E-state index is 0. The quantitative estimate of drug-likeness (QED) is 0.348. The van der Waals surface area contributed by atoms with Gasteiger partial charge in [0.15, 0.2) is 5.96 Å². The first kappa shape index (κ1) is 23.0. The molecule has 0 spiro atoms. The third-order valence-corrected chi connectivity index (χ3v) is 4.86. The fourth-order valence-electron chi connectivity index (χ4n) is 2.91. The Labute approximate surface area is 182 Å². The molecule has 1 N–H and O–H groups in total. The van der Waals surface area contributed by atoms with Gasteiger partial charge in [0.05, 0.1) is 15.7 Å². The lowest BCUT2D eigenvalue weighted by Gasteiger charge is -2.24. The van der Waals surface area contributed by atoms with E-state index in [0.29, 0.717) is 16.6 Å². The van der Waals surface area contributed by atoms with Crippen molar-refractivity contribution in [2.45, 2.75) is 33.2 Å². The molecule has 0 aliphatic rings. The number of hydrogen-bond acceptors (Lipinski definition) is 3. The molecule has 144 valence electrons. The summed E-state index contributed by atoms with van der Waals surface area (Å²) in [4.78, 5) is 6.40. The Morgan fingerprint density at radius 2 is 2.00 bits per heavy atom. The topological polar surface area (TPSA) is 53.7 Å². The Morgan fingerprint density at radius 1 is 1.31 bits per heavy atom. The Hall–Kier alpha value is -0.990. The fourth-order valence-corrected chi connectivity index (χ4v) is 3.23. The summed E-state index contributed by atoms with van der Waals surface area (Å²) in [5.74, 6) is 1.94. The first-order valence-corrected chi connectivity index (χ1v) is 8.87. The molecule has 0 bridgehead atoms. The SMILES string of the molecule is CN=C(NCC(C)c1c(C)noc1C)N(C)Cc1ccc(Cl)c(Cl)c1.I. The van der Waals surface area contributed by atoms with Gasteiger partial charge in [-0.3, -0.25) is 4.99 Å². The highest BCUT2D eigenvalue weighted by Crippen LogP contribution is 2.24. The lowest BCUT2D eigenvalue weighted by atomic mass is 10.00. The van der Waals surface area contributed by atoms with Gasteiger partial charge in [-0.2, -0.15) is 0 Å². The van der Waals surface area contributed by atoms with Crippen molar-refractivity contribution < 1.29 is 4.52 Å². The molecule has 8 heteroatoms. The van der Waals surface area contributed by atoms with Crippen molar-refractivity contribution >= 4 is 53.1 Å². The van der Waals surface area contributed by atoms with Gasteiger partial charge >= 0.3 is 0 Å². The fraction of sp³-hybridized carbons (Fsp3) is 0.444. The van der Waals surface area contributed by atoms with Crippen molar-refractivity contribution in [3.05, 3.63) is 50.8 Å². The van der Waals surface area contributed by atoms with Crippen LogP contribution in [0.1, 0.15) is 35.4 Å². The predicted octanol–water partition coefficient (Wildman–Crippen LogP) is 5.03. The van der Waals surface area contributed by atoms with Crippen LogP contribution in [0.5, 0.6) is 0 Å². The maximum absolute atomic E-state index is 6.09. The molecule has 0 aliphatic heterocycles. The summed E-state index contributed by atoms with van der Waals surface area (Å²) in [6.45, 7) is 7.47. The van der Waals surface area contributed by atoms with E-state index in [-0.39, 0.29) is 29.9 Å². The third kappa shape index (κ3) is 5.76. The van der Waals surface area contributed by atoms with E-state index in [1.165, 1.54) is 0 Å². The molecule has 1 aromatic carbocycles. The van der Waals surface area contributed by atoms with E-state index in [1.54, 1.807) is 7.05 Å². The second kappa shape index (κ2) is 10.4. The first-order chi connectivity index (χ1) is 11.8. The van der Waals surface area contributed by atoms with Crippen LogP contribution in [0.2, 0.25) is 10.0 Å². The Morgan fingerprint density at radius 3 is 2.54 bits per heavy atom. The minimum Gasteiger partial charge on any atom is -0.361 e. The average molecular weight is 511 g/mol. The number of aryl methyl sites for hydroxylation is 2. The van der Waals surface area contributed by atoms with Crippen molar-refractivity contribution in [3.63, 3.8) is 0 Å². The molecular weight excluding hydrogens is 486 g/mol. The van der Waals surface area contributed by atoms with Crippen molar-refractivity contribution in [3.8, 4) is 0 Å². The summed E-state index contributed by atoms with van der Waals surface area (Å²) in [7, 11) is 3.76. The summed E-state index contributed by atoms with van der Waals surface area (Å²) in [6.07, 6.45) is 0. The molecule has 0 radical (unpaired) electrons. The van der Waals surface area contributed by atoms with Crippen LogP contribution in [0, 0.1) is 13.8 Å². The van der Waals surface area contributed by atoms with Crippen LogP contribution in [-0.4, -0.2) is 36.7 Å². The number of nitrogens with one attached hydrogen (secondary N) is 1. The smallest absolute Gasteiger partial charge is 0.193 e. The molecule has 26 heavy (non-hydrogen) atoms. The molecule has 0 fully saturated rings. The second-order valence-corrected chi connectivity index (χ2v) is 6.99. The van der Waals surface area contributed by atoms with E-state index in [1.807, 2.05) is 44.0 Å². The third-order valence-electron chi connectivity index (χ3n) is 4.12. The van der Waals surface area contributed by atoms with E-state index in [4.69, 9.17) is 27.7 Å². The zero-order valence-corrected chi connectivity index (χ0v) is 19.5. The molecule has 1 atom stereocenters. The van der Waals surface area contributed by atoms with Crippen molar-refractivity contribution in [1.82, 2.24) is 15.4 Å². The first-order valence-electron chi connectivity index (χ1n) is 8.12. The van der Waals surface area contributed by atoms with Crippen LogP contribution >= 0.6 is 47.2 Å². The highest BCUT2D eigenvalue weighted by atomic mass is 127. The van der Waals surface area contributed by atoms with Gasteiger partial charge in [0.2, 0.25) is 0 Å². The number of halogens is 3. The van der Waals surface area contributed by atoms with Crippen LogP contribution in [0.3, 0.4) is 0 Å². The van der Waals surface area contributed by atoms with Crippen molar-refractivity contribution in [2.24, 2.45) is 4.99 Å².